The van der Waals surface area contributed by atoms with E-state index in [1.54, 1.807) is 18.3 Å². The highest BCUT2D eigenvalue weighted by Gasteiger charge is 2.51. The van der Waals surface area contributed by atoms with E-state index in [-0.39, 0.29) is 41.9 Å². The number of ether oxygens (including phenoxy) is 2. The second-order valence-corrected chi connectivity index (χ2v) is 16.6. The minimum absolute atomic E-state index is 0.0331. The number of benzene rings is 3. The van der Waals surface area contributed by atoms with Gasteiger partial charge in [0.25, 0.3) is 0 Å². The summed E-state index contributed by atoms with van der Waals surface area (Å²) in [6.45, 7) is 2.47. The van der Waals surface area contributed by atoms with Crippen LogP contribution in [0.5, 0.6) is 0 Å². The molecule has 4 N–H and O–H groups in total. The molecule has 276 valence electrons. The molecule has 9 nitrogen and oxygen atoms in total. The summed E-state index contributed by atoms with van der Waals surface area (Å²) in [7, 11) is 0. The number of aliphatic hydroxyl groups excluding tert-OH is 1. The van der Waals surface area contributed by atoms with Crippen molar-refractivity contribution >= 4 is 23.8 Å². The average Bonchev–Trinajstić information content (AvgIpc) is 3.16. The third-order valence-electron chi connectivity index (χ3n) is 11.9. The molecule has 1 saturated heterocycles. The Balaban J connectivity index is 0.974. The molecule has 0 unspecified atom stereocenters. The topological polar surface area (TPSA) is 130 Å². The lowest BCUT2D eigenvalue weighted by atomic mass is 9.53. The number of aromatic nitrogens is 1. The van der Waals surface area contributed by atoms with Gasteiger partial charge in [0, 0.05) is 35.5 Å². The van der Waals surface area contributed by atoms with Gasteiger partial charge >= 0.3 is 12.0 Å². The fourth-order valence-electron chi connectivity index (χ4n) is 9.64. The number of carboxylic acid groups (broad SMARTS) is 1. The summed E-state index contributed by atoms with van der Waals surface area (Å²) in [5.41, 5.74) is 5.91. The maximum atomic E-state index is 13.3. The lowest BCUT2D eigenvalue weighted by Crippen LogP contribution is -2.61. The van der Waals surface area contributed by atoms with Crippen LogP contribution in [-0.4, -0.2) is 44.6 Å². The highest BCUT2D eigenvalue weighted by atomic mass is 32.2. The monoisotopic (exact) mass is 733 g/mol. The summed E-state index contributed by atoms with van der Waals surface area (Å²) in [6, 6.07) is 27.2. The van der Waals surface area contributed by atoms with Crippen molar-refractivity contribution in [2.24, 2.45) is 23.7 Å². The third kappa shape index (κ3) is 7.74. The van der Waals surface area contributed by atoms with Crippen LogP contribution in [0.2, 0.25) is 0 Å². The number of rotatable bonds is 11. The van der Waals surface area contributed by atoms with E-state index in [9.17, 15) is 19.8 Å². The molecule has 2 amide bonds. The van der Waals surface area contributed by atoms with Gasteiger partial charge in [-0.25, -0.2) is 14.6 Å². The number of pyridine rings is 1. The predicted octanol–water partition coefficient (Wildman–Crippen LogP) is 8.29. The highest BCUT2D eigenvalue weighted by Crippen LogP contribution is 2.55. The average molecular weight is 734 g/mol. The van der Waals surface area contributed by atoms with Gasteiger partial charge in [0.15, 0.2) is 6.29 Å². The molecule has 4 aromatic rings. The molecule has 1 aromatic heterocycles. The molecule has 4 bridgehead atoms. The fraction of sp³-hybridized carbons (Fsp3) is 0.419. The summed E-state index contributed by atoms with van der Waals surface area (Å²) in [6.07, 6.45) is 7.74. The van der Waals surface area contributed by atoms with Gasteiger partial charge in [-0.2, -0.15) is 0 Å². The van der Waals surface area contributed by atoms with Crippen LogP contribution in [-0.2, 0) is 22.6 Å². The molecular weight excluding hydrogens is 687 g/mol. The van der Waals surface area contributed by atoms with E-state index in [1.807, 2.05) is 48.5 Å². The molecule has 4 atom stereocenters. The van der Waals surface area contributed by atoms with Crippen LogP contribution < -0.4 is 10.6 Å². The number of hydrogen-bond donors (Lipinski definition) is 4. The van der Waals surface area contributed by atoms with Gasteiger partial charge in [-0.15, -0.1) is 11.8 Å². The number of carbonyl (C=O) groups excluding carboxylic acids is 1. The fourth-order valence-corrected chi connectivity index (χ4v) is 10.8. The first kappa shape index (κ1) is 35.8. The highest BCUT2D eigenvalue weighted by molar-refractivity contribution is 7.99. The Morgan fingerprint density at radius 2 is 1.55 bits per heavy atom. The summed E-state index contributed by atoms with van der Waals surface area (Å²) in [5, 5.41) is 26.4. The van der Waals surface area contributed by atoms with Crippen LogP contribution in [0.3, 0.4) is 0 Å². The van der Waals surface area contributed by atoms with Crippen LogP contribution in [0.15, 0.2) is 96.2 Å². The number of urea groups is 1. The zero-order valence-electron chi connectivity index (χ0n) is 29.9. The van der Waals surface area contributed by atoms with Gasteiger partial charge in [-0.1, -0.05) is 79.7 Å². The number of carboxylic acids is 1. The molecule has 9 rings (SSSR count). The van der Waals surface area contributed by atoms with Crippen molar-refractivity contribution in [2.45, 2.75) is 87.7 Å². The van der Waals surface area contributed by atoms with Gasteiger partial charge in [0.05, 0.1) is 24.4 Å². The Hall–Kier alpha value is -4.22. The van der Waals surface area contributed by atoms with Crippen molar-refractivity contribution in [3.8, 4) is 11.1 Å². The first-order valence-corrected chi connectivity index (χ1v) is 19.8. The SMILES string of the molecule is C[C@H]1[C@@H](CSc2ncccc2C(=O)O)O[C@@H](c2ccc(-c3ccccc3CNC(=O)NC34CC5CC(CC(C5)C3)C4)cc2)O[C@H]1c1ccc(CO)cc1. The van der Waals surface area contributed by atoms with Gasteiger partial charge in [0.1, 0.15) is 5.03 Å². The minimum Gasteiger partial charge on any atom is -0.478 e. The standard InChI is InChI=1S/C43H47N3O6S/c1-26-37(25-53-39-36(40(48)49)7-4-16-44-39)51-41(52-38(26)32-10-8-27(24-47)9-11-32)33-14-12-31(13-15-33)35-6-3-2-5-34(35)23-45-42(50)46-43-20-28-17-29(21-43)19-30(18-28)22-43/h2-16,26,28-30,37-38,41,47H,17-25H2,1H3,(H,48,49)(H2,45,46,50)/t26-,28?,29?,30?,37+,38+,41+,43?/m0/s1. The molecular formula is C43H47N3O6S. The normalized spacial score (nSPS) is 28.8. The Bertz CT molecular complexity index is 1900. The lowest BCUT2D eigenvalue weighted by molar-refractivity contribution is -0.268. The number of nitrogens with zero attached hydrogens (tertiary/aromatic N) is 1. The van der Waals surface area contributed by atoms with E-state index in [4.69, 9.17) is 9.47 Å². The van der Waals surface area contributed by atoms with Gasteiger partial charge < -0.3 is 30.3 Å². The molecule has 10 heteroatoms. The van der Waals surface area contributed by atoms with E-state index in [2.05, 4.69) is 46.8 Å². The second kappa shape index (κ2) is 15.3. The number of aliphatic hydroxyl groups is 1. The predicted molar refractivity (Wildman–Crippen MR) is 203 cm³/mol. The van der Waals surface area contributed by atoms with Crippen molar-refractivity contribution in [1.29, 1.82) is 0 Å². The van der Waals surface area contributed by atoms with E-state index in [0.29, 0.717) is 17.3 Å². The maximum Gasteiger partial charge on any atom is 0.338 e. The molecule has 1 aliphatic heterocycles. The van der Waals surface area contributed by atoms with Gasteiger partial charge in [-0.05, 0) is 96.2 Å². The molecule has 4 saturated carbocycles. The van der Waals surface area contributed by atoms with Crippen molar-refractivity contribution in [2.75, 3.05) is 5.75 Å². The number of aromatic carboxylic acids is 1. The first-order valence-electron chi connectivity index (χ1n) is 18.8. The Labute approximate surface area is 314 Å². The molecule has 0 radical (unpaired) electrons. The van der Waals surface area contributed by atoms with Crippen LogP contribution >= 0.6 is 11.8 Å². The number of hydrogen-bond acceptors (Lipinski definition) is 7. The minimum atomic E-state index is -1.01. The van der Waals surface area contributed by atoms with Crippen molar-refractivity contribution in [3.05, 3.63) is 119 Å². The molecule has 5 aliphatic rings. The summed E-state index contributed by atoms with van der Waals surface area (Å²) in [4.78, 5) is 29.5. The Morgan fingerprint density at radius 3 is 2.23 bits per heavy atom. The largest absolute Gasteiger partial charge is 0.478 e. The van der Waals surface area contributed by atoms with Crippen LogP contribution in [0.1, 0.15) is 90.5 Å². The molecule has 3 aromatic carbocycles. The van der Waals surface area contributed by atoms with Crippen molar-refractivity contribution < 1.29 is 29.3 Å². The van der Waals surface area contributed by atoms with Crippen LogP contribution in [0.4, 0.5) is 4.79 Å². The molecule has 5 fully saturated rings. The molecule has 4 aliphatic carbocycles. The zero-order valence-corrected chi connectivity index (χ0v) is 30.8. The maximum absolute atomic E-state index is 13.3. The van der Waals surface area contributed by atoms with E-state index in [0.717, 1.165) is 70.4 Å². The third-order valence-corrected chi connectivity index (χ3v) is 13.0. The first-order chi connectivity index (χ1) is 25.8. The molecule has 2 heterocycles. The summed E-state index contributed by atoms with van der Waals surface area (Å²) < 4.78 is 13.3. The second-order valence-electron chi connectivity index (χ2n) is 15.6. The summed E-state index contributed by atoms with van der Waals surface area (Å²) in [5.74, 6) is 1.72. The van der Waals surface area contributed by atoms with Crippen LogP contribution in [0, 0.1) is 23.7 Å². The number of nitrogens with one attached hydrogen (secondary N) is 2. The van der Waals surface area contributed by atoms with Crippen LogP contribution in [0.25, 0.3) is 11.1 Å². The van der Waals surface area contributed by atoms with Gasteiger partial charge in [-0.3, -0.25) is 0 Å². The quantitative estimate of drug-likeness (QED) is 0.113. The Kier molecular flexibility index (Phi) is 10.3. The van der Waals surface area contributed by atoms with E-state index in [1.165, 1.54) is 31.0 Å². The molecule has 0 spiro atoms. The van der Waals surface area contributed by atoms with Crippen molar-refractivity contribution in [1.82, 2.24) is 15.6 Å². The lowest BCUT2D eigenvalue weighted by Gasteiger charge is -2.56. The number of thioether (sulfide) groups is 1. The van der Waals surface area contributed by atoms with E-state index < -0.39 is 12.3 Å². The smallest absolute Gasteiger partial charge is 0.338 e. The zero-order chi connectivity index (χ0) is 36.5. The van der Waals surface area contributed by atoms with Gasteiger partial charge in [0.2, 0.25) is 0 Å². The van der Waals surface area contributed by atoms with E-state index >= 15 is 0 Å². The van der Waals surface area contributed by atoms with Crippen molar-refractivity contribution in [3.63, 3.8) is 0 Å². The Morgan fingerprint density at radius 1 is 0.868 bits per heavy atom. The number of carbonyl (C=O) groups is 2. The number of amides is 2. The summed E-state index contributed by atoms with van der Waals surface area (Å²) >= 11 is 1.37. The molecule has 53 heavy (non-hydrogen) atoms.